The van der Waals surface area contributed by atoms with E-state index in [9.17, 15) is 29.8 Å². The van der Waals surface area contributed by atoms with Gasteiger partial charge in [0.05, 0.1) is 0 Å². The monoisotopic (exact) mass is 397 g/mol. The van der Waals surface area contributed by atoms with Gasteiger partial charge in [-0.3, -0.25) is 9.69 Å². The van der Waals surface area contributed by atoms with E-state index in [2.05, 4.69) is 0 Å². The molecule has 27 heavy (non-hydrogen) atoms. The van der Waals surface area contributed by atoms with Crippen molar-refractivity contribution in [2.45, 2.75) is 0 Å². The highest BCUT2D eigenvalue weighted by atomic mass is 31.2. The SMILES string of the molecule is O=c1c(OCP(=O)(O)[OH2+])c(-c2ccc(O)c(O)c2)oc2cc(O)cc(O)c12. The first-order chi connectivity index (χ1) is 12.6. The van der Waals surface area contributed by atoms with E-state index in [1.807, 2.05) is 0 Å². The van der Waals surface area contributed by atoms with E-state index in [1.54, 1.807) is 0 Å². The summed E-state index contributed by atoms with van der Waals surface area (Å²) in [5.41, 5.74) is -1.09. The normalized spacial score (nSPS) is 13.4. The van der Waals surface area contributed by atoms with Gasteiger partial charge in [-0.1, -0.05) is 0 Å². The second kappa shape index (κ2) is 6.51. The molecule has 0 aliphatic heterocycles. The number of ether oxygens (including phenoxy) is 1. The van der Waals surface area contributed by atoms with Crippen molar-refractivity contribution in [1.29, 1.82) is 0 Å². The van der Waals surface area contributed by atoms with Crippen LogP contribution in [-0.4, -0.2) is 36.6 Å². The van der Waals surface area contributed by atoms with Gasteiger partial charge in [-0.05, 0) is 18.2 Å². The lowest BCUT2D eigenvalue weighted by molar-refractivity contribution is 0.296. The van der Waals surface area contributed by atoms with Gasteiger partial charge in [0.1, 0.15) is 22.5 Å². The van der Waals surface area contributed by atoms with Crippen LogP contribution in [-0.2, 0) is 4.57 Å². The smallest absolute Gasteiger partial charge is 0.507 e. The Balaban J connectivity index is 2.33. The van der Waals surface area contributed by atoms with Crippen LogP contribution in [0.5, 0.6) is 28.7 Å². The van der Waals surface area contributed by atoms with E-state index >= 15 is 0 Å². The van der Waals surface area contributed by atoms with Crippen LogP contribution < -0.4 is 10.2 Å². The Morgan fingerprint density at radius 1 is 1.04 bits per heavy atom. The van der Waals surface area contributed by atoms with Gasteiger partial charge in [-0.25, -0.2) is 4.57 Å². The molecule has 0 aliphatic carbocycles. The van der Waals surface area contributed by atoms with Crippen molar-refractivity contribution in [3.05, 3.63) is 40.6 Å². The summed E-state index contributed by atoms with van der Waals surface area (Å²) in [7, 11) is -4.40. The Hall–Kier alpha value is -3.20. The molecule has 0 saturated heterocycles. The van der Waals surface area contributed by atoms with E-state index in [-0.39, 0.29) is 28.0 Å². The first-order valence-corrected chi connectivity index (χ1v) is 9.16. The molecule has 3 rings (SSSR count). The molecule has 0 bridgehead atoms. The maximum Gasteiger partial charge on any atom is 0.507 e. The second-order valence-electron chi connectivity index (χ2n) is 5.61. The minimum atomic E-state index is -4.40. The molecule has 0 saturated carbocycles. The summed E-state index contributed by atoms with van der Waals surface area (Å²) in [6.07, 6.45) is -1.03. The van der Waals surface area contributed by atoms with Gasteiger partial charge in [0.25, 0.3) is 0 Å². The van der Waals surface area contributed by atoms with Crippen molar-refractivity contribution in [3.63, 3.8) is 0 Å². The molecular formula is C16H14O10P+. The highest BCUT2D eigenvalue weighted by Gasteiger charge is 2.27. The molecule has 3 aromatic rings. The highest BCUT2D eigenvalue weighted by molar-refractivity contribution is 7.51. The number of fused-ring (bicyclic) bond motifs is 1. The minimum Gasteiger partial charge on any atom is -0.508 e. The number of benzene rings is 2. The van der Waals surface area contributed by atoms with Crippen LogP contribution in [0.15, 0.2) is 39.5 Å². The van der Waals surface area contributed by atoms with Gasteiger partial charge in [0, 0.05) is 17.7 Å². The van der Waals surface area contributed by atoms with Crippen molar-refractivity contribution in [3.8, 4) is 40.1 Å². The molecule has 0 amide bonds. The molecular weight excluding hydrogens is 383 g/mol. The molecule has 1 unspecified atom stereocenters. The number of hydrogen-bond acceptors (Lipinski definition) is 8. The van der Waals surface area contributed by atoms with Crippen LogP contribution >= 0.6 is 7.60 Å². The lowest BCUT2D eigenvalue weighted by Crippen LogP contribution is -2.11. The zero-order valence-corrected chi connectivity index (χ0v) is 14.3. The Kier molecular flexibility index (Phi) is 4.48. The van der Waals surface area contributed by atoms with E-state index in [4.69, 9.17) is 18.9 Å². The molecule has 1 heterocycles. The summed E-state index contributed by atoms with van der Waals surface area (Å²) >= 11 is 0. The summed E-state index contributed by atoms with van der Waals surface area (Å²) in [6, 6.07) is 5.39. The van der Waals surface area contributed by atoms with Crippen LogP contribution in [0.2, 0.25) is 0 Å². The summed E-state index contributed by atoms with van der Waals surface area (Å²) in [4.78, 5) is 28.9. The number of aromatic hydroxyl groups is 4. The minimum absolute atomic E-state index is 0.0554. The fourth-order valence-corrected chi connectivity index (χ4v) is 2.71. The van der Waals surface area contributed by atoms with Gasteiger partial charge >= 0.3 is 7.60 Å². The third-order valence-corrected chi connectivity index (χ3v) is 4.02. The highest BCUT2D eigenvalue weighted by Crippen LogP contribution is 2.40. The molecule has 0 aliphatic rings. The molecule has 7 N–H and O–H groups in total. The van der Waals surface area contributed by atoms with Crippen LogP contribution in [0.1, 0.15) is 0 Å². The van der Waals surface area contributed by atoms with Crippen molar-refractivity contribution in [2.24, 2.45) is 0 Å². The van der Waals surface area contributed by atoms with Crippen molar-refractivity contribution in [1.82, 2.24) is 0 Å². The van der Waals surface area contributed by atoms with Gasteiger partial charge in [0.2, 0.25) is 17.5 Å². The standard InChI is InChI=1S/C16H13O10P/c17-8-4-11(20)13-12(5-8)26-15(7-1-2-9(18)10(19)3-7)16(14(13)21)25-6-27(22,23)24/h1-5,17-20H,6H2,(H2,22,23,24)/p+1. The van der Waals surface area contributed by atoms with Crippen LogP contribution in [0, 0.1) is 0 Å². The fourth-order valence-electron chi connectivity index (χ4n) is 2.41. The van der Waals surface area contributed by atoms with Gasteiger partial charge in [0.15, 0.2) is 17.3 Å². The van der Waals surface area contributed by atoms with Gasteiger partial charge in [-0.15, -0.1) is 0 Å². The van der Waals surface area contributed by atoms with Gasteiger partial charge in [-0.2, -0.15) is 0 Å². The first-order valence-electron chi connectivity index (χ1n) is 7.31. The second-order valence-corrected chi connectivity index (χ2v) is 7.27. The number of phenolic OH excluding ortho intramolecular Hbond substituents is 4. The fraction of sp³-hybridized carbons (Fsp3) is 0.0625. The molecule has 11 heteroatoms. The largest absolute Gasteiger partial charge is 0.508 e. The van der Waals surface area contributed by atoms with E-state index in [0.29, 0.717) is 0 Å². The number of hydrogen-bond donors (Lipinski definition) is 5. The Morgan fingerprint density at radius 3 is 2.37 bits per heavy atom. The first kappa shape index (κ1) is 18.6. The summed E-state index contributed by atoms with van der Waals surface area (Å²) < 4.78 is 21.8. The van der Waals surface area contributed by atoms with Crippen molar-refractivity contribution < 1.29 is 43.9 Å². The quantitative estimate of drug-likeness (QED) is 0.248. The maximum atomic E-state index is 12.8. The average Bonchev–Trinajstić information content (AvgIpc) is 2.54. The predicted molar refractivity (Wildman–Crippen MR) is 93.5 cm³/mol. The van der Waals surface area contributed by atoms with E-state index in [1.165, 1.54) is 6.07 Å². The van der Waals surface area contributed by atoms with Crippen molar-refractivity contribution in [2.75, 3.05) is 6.35 Å². The van der Waals surface area contributed by atoms with Crippen LogP contribution in [0.3, 0.4) is 0 Å². The number of rotatable bonds is 4. The van der Waals surface area contributed by atoms with E-state index < -0.39 is 42.4 Å². The third kappa shape index (κ3) is 3.68. The van der Waals surface area contributed by atoms with E-state index in [0.717, 1.165) is 24.3 Å². The Labute approximate surface area is 150 Å². The average molecular weight is 397 g/mol. The van der Waals surface area contributed by atoms with Crippen molar-refractivity contribution >= 4 is 18.6 Å². The molecule has 1 aromatic heterocycles. The molecule has 142 valence electrons. The zero-order valence-electron chi connectivity index (χ0n) is 13.4. The molecule has 0 fully saturated rings. The Bertz CT molecular complexity index is 1140. The predicted octanol–water partition coefficient (Wildman–Crippen LogP) is 1.53. The summed E-state index contributed by atoms with van der Waals surface area (Å²) in [5, 5.41) is 38.3. The van der Waals surface area contributed by atoms with Crippen LogP contribution in [0.4, 0.5) is 0 Å². The van der Waals surface area contributed by atoms with Gasteiger partial charge < -0.3 is 34.5 Å². The van der Waals surface area contributed by atoms with Crippen LogP contribution in [0.25, 0.3) is 22.3 Å². The zero-order chi connectivity index (χ0) is 19.9. The lowest BCUT2D eigenvalue weighted by Gasteiger charge is -2.12. The number of phenols is 4. The maximum absolute atomic E-state index is 12.8. The molecule has 2 aromatic carbocycles. The summed E-state index contributed by atoms with van der Waals surface area (Å²) in [6.45, 7) is 0. The Morgan fingerprint density at radius 2 is 1.74 bits per heavy atom. The third-order valence-electron chi connectivity index (χ3n) is 3.54. The molecule has 0 radical (unpaired) electrons. The lowest BCUT2D eigenvalue weighted by atomic mass is 10.1. The molecule has 0 spiro atoms. The topological polar surface area (TPSA) is 181 Å². The summed E-state index contributed by atoms with van der Waals surface area (Å²) in [5.74, 6) is -2.86. The molecule has 1 atom stereocenters. The molecule has 10 nitrogen and oxygen atoms in total.